The van der Waals surface area contributed by atoms with Gasteiger partial charge in [-0.2, -0.15) is 0 Å². The molecular weight excluding hydrogens is 683 g/mol. The second kappa shape index (κ2) is 12.3. The Kier molecular flexibility index (Phi) is 7.14. The molecule has 0 unspecified atom stereocenters. The summed E-state index contributed by atoms with van der Waals surface area (Å²) in [6, 6.07) is 69.5. The SMILES string of the molecule is CC1(C)c2ccccc2-c2ccc(N(c3ccc(-c4ccccc4)cc3)c3ccc(-c4ccc5c(ccc6ccc7sc8ccccc8c7c65)c4)cc3)cc21. The molecule has 0 radical (unpaired) electrons. The van der Waals surface area contributed by atoms with Crippen molar-refractivity contribution in [3.63, 3.8) is 0 Å². The van der Waals surface area contributed by atoms with Gasteiger partial charge in [0, 0.05) is 42.6 Å². The second-order valence-corrected chi connectivity index (χ2v) is 16.4. The smallest absolute Gasteiger partial charge is 0.0465 e. The Balaban J connectivity index is 1.01. The van der Waals surface area contributed by atoms with Crippen molar-refractivity contribution in [1.82, 2.24) is 0 Å². The number of fused-ring (bicyclic) bond motifs is 10. The van der Waals surface area contributed by atoms with Crippen molar-refractivity contribution in [2.75, 3.05) is 4.90 Å². The first-order valence-corrected chi connectivity index (χ1v) is 19.9. The summed E-state index contributed by atoms with van der Waals surface area (Å²) in [6.45, 7) is 4.71. The first-order valence-electron chi connectivity index (χ1n) is 19.1. The van der Waals surface area contributed by atoms with Gasteiger partial charge < -0.3 is 4.90 Å². The molecule has 10 aromatic rings. The van der Waals surface area contributed by atoms with Crippen LogP contribution in [0.15, 0.2) is 188 Å². The molecule has 1 aromatic heterocycles. The van der Waals surface area contributed by atoms with Crippen LogP contribution in [0.3, 0.4) is 0 Å². The van der Waals surface area contributed by atoms with E-state index in [1.54, 1.807) is 0 Å². The van der Waals surface area contributed by atoms with Crippen LogP contribution in [0.25, 0.3) is 75.1 Å². The maximum atomic E-state index is 2.41. The maximum absolute atomic E-state index is 2.41. The molecule has 55 heavy (non-hydrogen) atoms. The predicted octanol–water partition coefficient (Wildman–Crippen LogP) is 15.5. The summed E-state index contributed by atoms with van der Waals surface area (Å²) < 4.78 is 2.69. The minimum absolute atomic E-state index is 0.0850. The van der Waals surface area contributed by atoms with E-state index in [-0.39, 0.29) is 5.41 Å². The van der Waals surface area contributed by atoms with Gasteiger partial charge in [-0.05, 0) is 121 Å². The van der Waals surface area contributed by atoms with Gasteiger partial charge in [-0.3, -0.25) is 0 Å². The van der Waals surface area contributed by atoms with Crippen molar-refractivity contribution in [2.45, 2.75) is 19.3 Å². The van der Waals surface area contributed by atoms with Crippen molar-refractivity contribution < 1.29 is 0 Å². The number of benzene rings is 9. The van der Waals surface area contributed by atoms with E-state index in [0.717, 1.165) is 17.1 Å². The maximum Gasteiger partial charge on any atom is 0.0465 e. The molecular formula is C53H37NS. The van der Waals surface area contributed by atoms with Gasteiger partial charge in [0.25, 0.3) is 0 Å². The molecule has 0 spiro atoms. The normalized spacial score (nSPS) is 13.1. The molecule has 11 rings (SSSR count). The zero-order chi connectivity index (χ0) is 36.7. The van der Waals surface area contributed by atoms with Crippen LogP contribution in [0, 0.1) is 0 Å². The molecule has 2 heteroatoms. The van der Waals surface area contributed by atoms with E-state index in [2.05, 4.69) is 207 Å². The zero-order valence-corrected chi connectivity index (χ0v) is 31.6. The Labute approximate surface area is 325 Å². The molecule has 0 saturated carbocycles. The largest absolute Gasteiger partial charge is 0.310 e. The molecule has 0 fully saturated rings. The van der Waals surface area contributed by atoms with Crippen molar-refractivity contribution in [3.8, 4) is 33.4 Å². The third-order valence-corrected chi connectivity index (χ3v) is 13.0. The summed E-state index contributed by atoms with van der Waals surface area (Å²) in [7, 11) is 0. The topological polar surface area (TPSA) is 3.24 Å². The van der Waals surface area contributed by atoms with Crippen LogP contribution in [0.2, 0.25) is 0 Å². The molecule has 9 aromatic carbocycles. The monoisotopic (exact) mass is 719 g/mol. The Bertz CT molecular complexity index is 3100. The van der Waals surface area contributed by atoms with E-state index < -0.39 is 0 Å². The lowest BCUT2D eigenvalue weighted by Crippen LogP contribution is -2.16. The van der Waals surface area contributed by atoms with Gasteiger partial charge in [0.2, 0.25) is 0 Å². The summed E-state index contributed by atoms with van der Waals surface area (Å²) in [6.07, 6.45) is 0. The highest BCUT2D eigenvalue weighted by Crippen LogP contribution is 2.51. The van der Waals surface area contributed by atoms with Gasteiger partial charge in [0.05, 0.1) is 0 Å². The number of anilines is 3. The lowest BCUT2D eigenvalue weighted by atomic mass is 9.82. The minimum Gasteiger partial charge on any atom is -0.310 e. The first-order chi connectivity index (χ1) is 27.0. The van der Waals surface area contributed by atoms with Crippen molar-refractivity contribution in [2.24, 2.45) is 0 Å². The fourth-order valence-corrected chi connectivity index (χ4v) is 10.2. The summed E-state index contributed by atoms with van der Waals surface area (Å²) in [5.74, 6) is 0. The third-order valence-electron chi connectivity index (χ3n) is 11.9. The fraction of sp³-hybridized carbons (Fsp3) is 0.0566. The lowest BCUT2D eigenvalue weighted by Gasteiger charge is -2.28. The van der Waals surface area contributed by atoms with Crippen LogP contribution in [-0.4, -0.2) is 0 Å². The summed E-state index contributed by atoms with van der Waals surface area (Å²) in [5, 5.41) is 7.92. The molecule has 0 aliphatic heterocycles. The summed E-state index contributed by atoms with van der Waals surface area (Å²) >= 11 is 1.88. The highest BCUT2D eigenvalue weighted by atomic mass is 32.1. The van der Waals surface area contributed by atoms with Gasteiger partial charge >= 0.3 is 0 Å². The summed E-state index contributed by atoms with van der Waals surface area (Å²) in [4.78, 5) is 2.40. The van der Waals surface area contributed by atoms with E-state index in [1.165, 1.54) is 86.2 Å². The third kappa shape index (κ3) is 5.06. The van der Waals surface area contributed by atoms with Crippen LogP contribution in [0.4, 0.5) is 17.1 Å². The minimum atomic E-state index is -0.0850. The number of hydrogen-bond donors (Lipinski definition) is 0. The average Bonchev–Trinajstić information content (AvgIpc) is 3.73. The van der Waals surface area contributed by atoms with Crippen molar-refractivity contribution in [1.29, 1.82) is 0 Å². The molecule has 0 N–H and O–H groups in total. The van der Waals surface area contributed by atoms with E-state index >= 15 is 0 Å². The highest BCUT2D eigenvalue weighted by Gasteiger charge is 2.35. The molecule has 1 nitrogen and oxygen atoms in total. The molecule has 1 heterocycles. The number of thiophene rings is 1. The fourth-order valence-electron chi connectivity index (χ4n) is 9.06. The second-order valence-electron chi connectivity index (χ2n) is 15.3. The van der Waals surface area contributed by atoms with Gasteiger partial charge in [-0.25, -0.2) is 0 Å². The molecule has 1 aliphatic carbocycles. The van der Waals surface area contributed by atoms with Gasteiger partial charge in [0.1, 0.15) is 0 Å². The highest BCUT2D eigenvalue weighted by molar-refractivity contribution is 7.26. The summed E-state index contributed by atoms with van der Waals surface area (Å²) in [5.41, 5.74) is 13.6. The van der Waals surface area contributed by atoms with E-state index in [0.29, 0.717) is 0 Å². The van der Waals surface area contributed by atoms with E-state index in [9.17, 15) is 0 Å². The van der Waals surface area contributed by atoms with Crippen molar-refractivity contribution in [3.05, 3.63) is 199 Å². The average molecular weight is 720 g/mol. The quantitative estimate of drug-likeness (QED) is 0.160. The van der Waals surface area contributed by atoms with Gasteiger partial charge in [0.15, 0.2) is 0 Å². The van der Waals surface area contributed by atoms with Crippen LogP contribution in [0.5, 0.6) is 0 Å². The number of hydrogen-bond acceptors (Lipinski definition) is 2. The first kappa shape index (κ1) is 32.0. The van der Waals surface area contributed by atoms with E-state index in [1.807, 2.05) is 11.3 Å². The molecule has 0 bridgehead atoms. The molecule has 1 aliphatic rings. The Hall–Kier alpha value is -6.48. The molecule has 0 saturated heterocycles. The van der Waals surface area contributed by atoms with Crippen LogP contribution in [0.1, 0.15) is 25.0 Å². The molecule has 260 valence electrons. The number of nitrogens with zero attached hydrogens (tertiary/aromatic N) is 1. The Morgan fingerprint density at radius 1 is 0.382 bits per heavy atom. The zero-order valence-electron chi connectivity index (χ0n) is 30.8. The Morgan fingerprint density at radius 3 is 1.78 bits per heavy atom. The van der Waals surface area contributed by atoms with Crippen molar-refractivity contribution >= 4 is 70.1 Å². The van der Waals surface area contributed by atoms with Gasteiger partial charge in [-0.15, -0.1) is 11.3 Å². The van der Waals surface area contributed by atoms with Crippen LogP contribution in [-0.2, 0) is 5.41 Å². The van der Waals surface area contributed by atoms with Crippen LogP contribution >= 0.6 is 11.3 Å². The lowest BCUT2D eigenvalue weighted by molar-refractivity contribution is 0.660. The van der Waals surface area contributed by atoms with Crippen LogP contribution < -0.4 is 4.90 Å². The van der Waals surface area contributed by atoms with Gasteiger partial charge in [-0.1, -0.05) is 147 Å². The number of rotatable bonds is 5. The standard InChI is InChI=1S/C53H37NS/c1-53(2)47-14-8-6-12-44(47)45-30-28-42(33-48(45)53)54(40-24-18-35(19-25-40)34-10-4-3-5-11-34)41-26-20-36(21-27-41)38-22-29-43-39(32-38)17-16-37-23-31-50-52(51(37)43)46-13-7-9-15-49(46)55-50/h3-33H,1-2H3. The molecule has 0 atom stereocenters. The molecule has 0 amide bonds. The Morgan fingerprint density at radius 2 is 0.982 bits per heavy atom. The predicted molar refractivity (Wildman–Crippen MR) is 237 cm³/mol. The van der Waals surface area contributed by atoms with E-state index in [4.69, 9.17) is 0 Å².